The molecule has 3 aromatic rings. The van der Waals surface area contributed by atoms with Crippen LogP contribution >= 0.6 is 11.3 Å². The molecule has 0 amide bonds. The van der Waals surface area contributed by atoms with Crippen LogP contribution in [0.1, 0.15) is 19.0 Å². The minimum Gasteiger partial charge on any atom is -0.493 e. The Balaban J connectivity index is 1.61. The number of aliphatic imine (C=N–C) groups is 1. The lowest BCUT2D eigenvalue weighted by atomic mass is 10.3. The van der Waals surface area contributed by atoms with Gasteiger partial charge in [0.1, 0.15) is 17.7 Å². The number of oxazole rings is 1. The normalized spacial score (nSPS) is 11.4. The predicted octanol–water partition coefficient (Wildman–Crippen LogP) is 4.40. The van der Waals surface area contributed by atoms with E-state index in [1.54, 1.807) is 24.7 Å². The lowest BCUT2D eigenvalue weighted by Crippen LogP contribution is -2.30. The van der Waals surface area contributed by atoms with Crippen molar-refractivity contribution in [3.8, 4) is 16.5 Å². The van der Waals surface area contributed by atoms with Crippen LogP contribution in [0.5, 0.6) is 5.75 Å². The van der Waals surface area contributed by atoms with Gasteiger partial charge in [0, 0.05) is 38.4 Å². The van der Waals surface area contributed by atoms with Crippen molar-refractivity contribution >= 4 is 23.0 Å². The molecule has 1 aromatic carbocycles. The number of guanidine groups is 1. The van der Waals surface area contributed by atoms with Gasteiger partial charge in [-0.1, -0.05) is 12.1 Å². The van der Waals surface area contributed by atoms with Gasteiger partial charge in [0.15, 0.2) is 5.96 Å². The van der Waals surface area contributed by atoms with Crippen molar-refractivity contribution in [3.05, 3.63) is 53.7 Å². The molecule has 0 spiro atoms. The van der Waals surface area contributed by atoms with Gasteiger partial charge < -0.3 is 24.5 Å². The highest BCUT2D eigenvalue weighted by Gasteiger charge is 2.08. The molecule has 3 rings (SSSR count). The number of hydrogen-bond donors (Lipinski definition) is 2. The van der Waals surface area contributed by atoms with E-state index < -0.39 is 0 Å². The molecule has 0 bridgehead atoms. The van der Waals surface area contributed by atoms with E-state index in [0.717, 1.165) is 35.0 Å². The molecule has 7 nitrogen and oxygen atoms in total. The van der Waals surface area contributed by atoms with E-state index in [9.17, 15) is 0 Å². The first kappa shape index (κ1) is 20.9. The SMILES string of the molecule is CCNC(=NCc1coc(-c2cccs2)n1)Nc1cccc(OCCCOC)c1. The Morgan fingerprint density at radius 1 is 1.24 bits per heavy atom. The highest BCUT2D eigenvalue weighted by atomic mass is 32.1. The Hall–Kier alpha value is -2.84. The topological polar surface area (TPSA) is 80.9 Å². The number of thiophene rings is 1. The summed E-state index contributed by atoms with van der Waals surface area (Å²) in [6.07, 6.45) is 2.50. The third kappa shape index (κ3) is 6.62. The lowest BCUT2D eigenvalue weighted by molar-refractivity contribution is 0.172. The van der Waals surface area contributed by atoms with E-state index in [-0.39, 0.29) is 0 Å². The van der Waals surface area contributed by atoms with Crippen LogP contribution in [-0.4, -0.2) is 37.8 Å². The minimum atomic E-state index is 0.414. The zero-order chi connectivity index (χ0) is 20.3. The zero-order valence-electron chi connectivity index (χ0n) is 16.7. The van der Waals surface area contributed by atoms with Gasteiger partial charge in [-0.3, -0.25) is 0 Å². The fourth-order valence-electron chi connectivity index (χ4n) is 2.55. The van der Waals surface area contributed by atoms with Gasteiger partial charge in [-0.25, -0.2) is 9.98 Å². The Morgan fingerprint density at radius 2 is 2.17 bits per heavy atom. The van der Waals surface area contributed by atoms with Crippen molar-refractivity contribution in [3.63, 3.8) is 0 Å². The molecule has 0 aliphatic carbocycles. The van der Waals surface area contributed by atoms with Crippen LogP contribution in [0.2, 0.25) is 0 Å². The van der Waals surface area contributed by atoms with Crippen molar-refractivity contribution in [1.82, 2.24) is 10.3 Å². The summed E-state index contributed by atoms with van der Waals surface area (Å²) < 4.78 is 16.4. The average Bonchev–Trinajstić information content (AvgIpc) is 3.42. The molecule has 8 heteroatoms. The standard InChI is InChI=1S/C21H26N4O3S/c1-3-22-21(23-14-17-15-28-20(24-17)19-9-5-12-29-19)25-16-7-4-8-18(13-16)27-11-6-10-26-2/h4-5,7-9,12-13,15H,3,6,10-11,14H2,1-2H3,(H2,22,23,25). The molecule has 2 N–H and O–H groups in total. The second kappa shape index (κ2) is 11.2. The summed E-state index contributed by atoms with van der Waals surface area (Å²) in [7, 11) is 1.69. The molecule has 0 saturated carbocycles. The molecule has 0 atom stereocenters. The number of anilines is 1. The van der Waals surface area contributed by atoms with Crippen molar-refractivity contribution in [2.75, 3.05) is 32.2 Å². The Morgan fingerprint density at radius 3 is 2.97 bits per heavy atom. The molecule has 0 aliphatic rings. The van der Waals surface area contributed by atoms with Gasteiger partial charge in [0.25, 0.3) is 0 Å². The average molecular weight is 415 g/mol. The van der Waals surface area contributed by atoms with E-state index in [2.05, 4.69) is 20.6 Å². The predicted molar refractivity (Wildman–Crippen MR) is 117 cm³/mol. The van der Waals surface area contributed by atoms with Crippen LogP contribution < -0.4 is 15.4 Å². The fraction of sp³-hybridized carbons (Fsp3) is 0.333. The molecule has 2 heterocycles. The third-order valence-electron chi connectivity index (χ3n) is 3.89. The molecular weight excluding hydrogens is 388 g/mol. The molecule has 29 heavy (non-hydrogen) atoms. The maximum absolute atomic E-state index is 5.76. The molecule has 0 radical (unpaired) electrons. The number of benzene rings is 1. The number of nitrogens with one attached hydrogen (secondary N) is 2. The van der Waals surface area contributed by atoms with Gasteiger partial charge in [-0.2, -0.15) is 0 Å². The van der Waals surface area contributed by atoms with E-state index in [0.29, 0.717) is 31.6 Å². The van der Waals surface area contributed by atoms with Crippen LogP contribution in [0.4, 0.5) is 5.69 Å². The first-order valence-electron chi connectivity index (χ1n) is 9.54. The summed E-state index contributed by atoms with van der Waals surface area (Å²) in [5, 5.41) is 8.54. The molecule has 0 saturated heterocycles. The van der Waals surface area contributed by atoms with Gasteiger partial charge in [0.05, 0.1) is 18.0 Å². The number of methoxy groups -OCH3 is 1. The number of ether oxygens (including phenoxy) is 2. The second-order valence-electron chi connectivity index (χ2n) is 6.16. The monoisotopic (exact) mass is 414 g/mol. The van der Waals surface area contributed by atoms with E-state index in [1.165, 1.54) is 0 Å². The van der Waals surface area contributed by atoms with Crippen molar-refractivity contribution < 1.29 is 13.9 Å². The zero-order valence-corrected chi connectivity index (χ0v) is 17.5. The third-order valence-corrected chi connectivity index (χ3v) is 4.74. The largest absolute Gasteiger partial charge is 0.493 e. The summed E-state index contributed by atoms with van der Waals surface area (Å²) in [4.78, 5) is 10.1. The van der Waals surface area contributed by atoms with Gasteiger partial charge in [0.2, 0.25) is 5.89 Å². The summed E-state index contributed by atoms with van der Waals surface area (Å²) in [5.41, 5.74) is 1.68. The molecule has 154 valence electrons. The first-order chi connectivity index (χ1) is 14.3. The number of nitrogens with zero attached hydrogens (tertiary/aromatic N) is 2. The summed E-state index contributed by atoms with van der Waals surface area (Å²) in [6, 6.07) is 11.8. The van der Waals surface area contributed by atoms with Crippen molar-refractivity contribution in [2.45, 2.75) is 19.9 Å². The molecule has 0 fully saturated rings. The van der Waals surface area contributed by atoms with Crippen molar-refractivity contribution in [2.24, 2.45) is 4.99 Å². The minimum absolute atomic E-state index is 0.414. The highest BCUT2D eigenvalue weighted by molar-refractivity contribution is 7.13. The van der Waals surface area contributed by atoms with E-state index in [4.69, 9.17) is 13.9 Å². The maximum Gasteiger partial charge on any atom is 0.236 e. The van der Waals surface area contributed by atoms with Gasteiger partial charge >= 0.3 is 0 Å². The van der Waals surface area contributed by atoms with E-state index >= 15 is 0 Å². The highest BCUT2D eigenvalue weighted by Crippen LogP contribution is 2.24. The van der Waals surface area contributed by atoms with Crippen LogP contribution in [0, 0.1) is 0 Å². The Bertz CT molecular complexity index is 893. The summed E-state index contributed by atoms with van der Waals surface area (Å²) in [6.45, 7) is 4.49. The van der Waals surface area contributed by atoms with Crippen molar-refractivity contribution in [1.29, 1.82) is 0 Å². The molecule has 2 aromatic heterocycles. The van der Waals surface area contributed by atoms with Crippen LogP contribution in [0.3, 0.4) is 0 Å². The molecule has 0 aliphatic heterocycles. The lowest BCUT2D eigenvalue weighted by Gasteiger charge is -2.12. The van der Waals surface area contributed by atoms with E-state index in [1.807, 2.05) is 48.7 Å². The summed E-state index contributed by atoms with van der Waals surface area (Å²) in [5.74, 6) is 2.10. The Kier molecular flexibility index (Phi) is 8.09. The fourth-order valence-corrected chi connectivity index (χ4v) is 3.21. The quantitative estimate of drug-likeness (QED) is 0.291. The molecule has 0 unspecified atom stereocenters. The maximum atomic E-state index is 5.76. The smallest absolute Gasteiger partial charge is 0.236 e. The van der Waals surface area contributed by atoms with Gasteiger partial charge in [-0.15, -0.1) is 11.3 Å². The van der Waals surface area contributed by atoms with Gasteiger partial charge in [-0.05, 0) is 30.5 Å². The van der Waals surface area contributed by atoms with Crippen LogP contribution in [0.15, 0.2) is 57.5 Å². The Labute approximate surface area is 174 Å². The number of aromatic nitrogens is 1. The number of hydrogen-bond acceptors (Lipinski definition) is 6. The number of rotatable bonds is 10. The second-order valence-corrected chi connectivity index (χ2v) is 7.11. The van der Waals surface area contributed by atoms with Crippen LogP contribution in [-0.2, 0) is 11.3 Å². The first-order valence-corrected chi connectivity index (χ1v) is 10.4. The van der Waals surface area contributed by atoms with Crippen LogP contribution in [0.25, 0.3) is 10.8 Å². The summed E-state index contributed by atoms with van der Waals surface area (Å²) >= 11 is 1.60. The molecular formula is C21H26N4O3S.